The summed E-state index contributed by atoms with van der Waals surface area (Å²) in [6, 6.07) is 10.7. The Balaban J connectivity index is 1.65. The van der Waals surface area contributed by atoms with Crippen LogP contribution in [0.1, 0.15) is 63.4 Å². The maximum atomic E-state index is 13.3. The van der Waals surface area contributed by atoms with Crippen molar-refractivity contribution in [2.75, 3.05) is 13.1 Å². The van der Waals surface area contributed by atoms with Crippen LogP contribution < -0.4 is 0 Å². The van der Waals surface area contributed by atoms with E-state index in [2.05, 4.69) is 46.2 Å². The van der Waals surface area contributed by atoms with Crippen LogP contribution in [0.2, 0.25) is 0 Å². The van der Waals surface area contributed by atoms with Gasteiger partial charge in [0.05, 0.1) is 12.1 Å². The molecule has 1 aromatic rings. The summed E-state index contributed by atoms with van der Waals surface area (Å²) >= 11 is 0. The molecule has 1 aliphatic carbocycles. The SMILES string of the molecule is CC(=O)N1CCCCC[C@@H]2[C@@H]1[C@H](c1ccccc1)CN2C(=O)CC1C=CCC1. The van der Waals surface area contributed by atoms with E-state index in [1.807, 2.05) is 6.07 Å². The second kappa shape index (κ2) is 8.50. The number of carbonyl (C=O) groups is 2. The zero-order chi connectivity index (χ0) is 19.5. The van der Waals surface area contributed by atoms with Crippen LogP contribution in [0.15, 0.2) is 42.5 Å². The van der Waals surface area contributed by atoms with E-state index in [0.29, 0.717) is 12.3 Å². The molecule has 4 heteroatoms. The van der Waals surface area contributed by atoms with Gasteiger partial charge < -0.3 is 9.80 Å². The number of benzene rings is 1. The monoisotopic (exact) mass is 380 g/mol. The smallest absolute Gasteiger partial charge is 0.223 e. The lowest BCUT2D eigenvalue weighted by atomic mass is 9.87. The molecule has 0 spiro atoms. The fraction of sp³-hybridized carbons (Fsp3) is 0.583. The third kappa shape index (κ3) is 3.87. The summed E-state index contributed by atoms with van der Waals surface area (Å²) in [4.78, 5) is 30.1. The maximum absolute atomic E-state index is 13.3. The van der Waals surface area contributed by atoms with E-state index >= 15 is 0 Å². The van der Waals surface area contributed by atoms with Gasteiger partial charge >= 0.3 is 0 Å². The van der Waals surface area contributed by atoms with Crippen molar-refractivity contribution in [3.63, 3.8) is 0 Å². The molecular formula is C24H32N2O2. The quantitative estimate of drug-likeness (QED) is 0.740. The first kappa shape index (κ1) is 19.2. The fourth-order valence-electron chi connectivity index (χ4n) is 5.48. The predicted molar refractivity (Wildman–Crippen MR) is 111 cm³/mol. The molecule has 3 aliphatic rings. The van der Waals surface area contributed by atoms with E-state index in [0.717, 1.165) is 51.6 Å². The number of likely N-dealkylation sites (tertiary alicyclic amines) is 2. The second-order valence-electron chi connectivity index (χ2n) is 8.65. The van der Waals surface area contributed by atoms with E-state index in [1.165, 1.54) is 5.56 Å². The van der Waals surface area contributed by atoms with Gasteiger partial charge in [0.1, 0.15) is 0 Å². The Kier molecular flexibility index (Phi) is 5.84. The number of allylic oxidation sites excluding steroid dienone is 2. The minimum Gasteiger partial charge on any atom is -0.337 e. The van der Waals surface area contributed by atoms with Crippen LogP contribution in [-0.4, -0.2) is 46.8 Å². The van der Waals surface area contributed by atoms with Gasteiger partial charge in [-0.3, -0.25) is 9.59 Å². The standard InChI is InChI=1S/C24H32N2O2/c1-18(27)25-15-9-3-6-14-22-24(25)21(20-12-4-2-5-13-20)17-26(22)23(28)16-19-10-7-8-11-19/h2,4-5,7,10,12-13,19,21-22,24H,3,6,8-9,11,14-17H2,1H3/t19?,21-,22+,24-/m0/s1. The summed E-state index contributed by atoms with van der Waals surface area (Å²) in [5.41, 5.74) is 1.25. The van der Waals surface area contributed by atoms with Crippen LogP contribution in [0.25, 0.3) is 0 Å². The Morgan fingerprint density at radius 1 is 1.04 bits per heavy atom. The minimum absolute atomic E-state index is 0.100. The molecule has 0 bridgehead atoms. The van der Waals surface area contributed by atoms with Crippen LogP contribution in [0, 0.1) is 5.92 Å². The summed E-state index contributed by atoms with van der Waals surface area (Å²) in [5, 5.41) is 0. The molecule has 150 valence electrons. The van der Waals surface area contributed by atoms with Gasteiger partial charge in [-0.25, -0.2) is 0 Å². The lowest BCUT2D eigenvalue weighted by Crippen LogP contribution is -2.51. The first-order valence-corrected chi connectivity index (χ1v) is 10.9. The molecule has 1 unspecified atom stereocenters. The van der Waals surface area contributed by atoms with Crippen molar-refractivity contribution in [1.82, 2.24) is 9.80 Å². The van der Waals surface area contributed by atoms with Gasteiger partial charge in [-0.15, -0.1) is 0 Å². The van der Waals surface area contributed by atoms with Crippen LogP contribution in [0.4, 0.5) is 0 Å². The van der Waals surface area contributed by atoms with Crippen molar-refractivity contribution in [2.45, 2.75) is 69.9 Å². The number of amides is 2. The molecule has 4 rings (SSSR count). The van der Waals surface area contributed by atoms with Crippen molar-refractivity contribution >= 4 is 11.8 Å². The van der Waals surface area contributed by atoms with Gasteiger partial charge in [0.15, 0.2) is 0 Å². The molecule has 28 heavy (non-hydrogen) atoms. The normalized spacial score (nSPS) is 30.0. The van der Waals surface area contributed by atoms with Gasteiger partial charge in [-0.2, -0.15) is 0 Å². The first-order valence-electron chi connectivity index (χ1n) is 10.9. The molecule has 0 radical (unpaired) electrons. The Morgan fingerprint density at radius 3 is 2.57 bits per heavy atom. The molecule has 1 aromatic carbocycles. The molecule has 2 amide bonds. The Bertz CT molecular complexity index is 729. The third-order valence-corrected chi connectivity index (χ3v) is 6.86. The van der Waals surface area contributed by atoms with E-state index in [4.69, 9.17) is 0 Å². The molecular weight excluding hydrogens is 348 g/mol. The zero-order valence-electron chi connectivity index (χ0n) is 16.9. The highest BCUT2D eigenvalue weighted by Gasteiger charge is 2.48. The number of carbonyl (C=O) groups excluding carboxylic acids is 2. The summed E-state index contributed by atoms with van der Waals surface area (Å²) in [6.07, 6.45) is 11.5. The molecule has 2 saturated heterocycles. The number of nitrogens with zero attached hydrogens (tertiary/aromatic N) is 2. The van der Waals surface area contributed by atoms with Gasteiger partial charge in [0.25, 0.3) is 0 Å². The van der Waals surface area contributed by atoms with E-state index < -0.39 is 0 Å². The summed E-state index contributed by atoms with van der Waals surface area (Å²) < 4.78 is 0. The van der Waals surface area contributed by atoms with Crippen LogP contribution >= 0.6 is 0 Å². The Labute approximate surface area is 168 Å². The number of fused-ring (bicyclic) bond motifs is 1. The van der Waals surface area contributed by atoms with Crippen molar-refractivity contribution in [2.24, 2.45) is 5.92 Å². The molecule has 0 N–H and O–H groups in total. The van der Waals surface area contributed by atoms with Crippen molar-refractivity contribution in [3.8, 4) is 0 Å². The molecule has 0 saturated carbocycles. The second-order valence-corrected chi connectivity index (χ2v) is 8.65. The Hall–Kier alpha value is -2.10. The van der Waals surface area contributed by atoms with Crippen LogP contribution in [-0.2, 0) is 9.59 Å². The third-order valence-electron chi connectivity index (χ3n) is 6.86. The fourth-order valence-corrected chi connectivity index (χ4v) is 5.48. The molecule has 2 heterocycles. The minimum atomic E-state index is 0.100. The van der Waals surface area contributed by atoms with Crippen LogP contribution in [0.3, 0.4) is 0 Å². The average molecular weight is 381 g/mol. The van der Waals surface area contributed by atoms with Crippen LogP contribution in [0.5, 0.6) is 0 Å². The predicted octanol–water partition coefficient (Wildman–Crippen LogP) is 4.13. The van der Waals surface area contributed by atoms with Gasteiger partial charge in [0.2, 0.25) is 11.8 Å². The van der Waals surface area contributed by atoms with Gasteiger partial charge in [-0.05, 0) is 37.2 Å². The zero-order valence-corrected chi connectivity index (χ0v) is 16.9. The highest BCUT2D eigenvalue weighted by Crippen LogP contribution is 2.40. The molecule has 4 atom stereocenters. The maximum Gasteiger partial charge on any atom is 0.223 e. The van der Waals surface area contributed by atoms with E-state index in [1.54, 1.807) is 6.92 Å². The van der Waals surface area contributed by atoms with E-state index in [-0.39, 0.29) is 29.8 Å². The topological polar surface area (TPSA) is 40.6 Å². The number of hydrogen-bond donors (Lipinski definition) is 0. The van der Waals surface area contributed by atoms with Gasteiger partial charge in [-0.1, -0.05) is 55.3 Å². The first-order chi connectivity index (χ1) is 13.6. The largest absolute Gasteiger partial charge is 0.337 e. The molecule has 2 aliphatic heterocycles. The number of rotatable bonds is 3. The molecule has 2 fully saturated rings. The van der Waals surface area contributed by atoms with Crippen molar-refractivity contribution in [1.29, 1.82) is 0 Å². The Morgan fingerprint density at radius 2 is 1.86 bits per heavy atom. The molecule has 4 nitrogen and oxygen atoms in total. The van der Waals surface area contributed by atoms with E-state index in [9.17, 15) is 9.59 Å². The summed E-state index contributed by atoms with van der Waals surface area (Å²) in [5.74, 6) is 1.01. The van der Waals surface area contributed by atoms with Crippen molar-refractivity contribution < 1.29 is 9.59 Å². The lowest BCUT2D eigenvalue weighted by Gasteiger charge is -2.38. The summed E-state index contributed by atoms with van der Waals surface area (Å²) in [7, 11) is 0. The highest BCUT2D eigenvalue weighted by atomic mass is 16.2. The van der Waals surface area contributed by atoms with Crippen molar-refractivity contribution in [3.05, 3.63) is 48.0 Å². The lowest BCUT2D eigenvalue weighted by molar-refractivity contribution is -0.137. The number of hydrogen-bond acceptors (Lipinski definition) is 2. The highest BCUT2D eigenvalue weighted by molar-refractivity contribution is 5.79. The van der Waals surface area contributed by atoms with Gasteiger partial charge in [0, 0.05) is 32.4 Å². The molecule has 0 aromatic heterocycles. The summed E-state index contributed by atoms with van der Waals surface area (Å²) in [6.45, 7) is 3.24. The average Bonchev–Trinajstić information content (AvgIpc) is 3.30.